The minimum absolute atomic E-state index is 0.0153. The third-order valence-electron chi connectivity index (χ3n) is 3.24. The number of carbonyl (C=O) groups is 1. The first kappa shape index (κ1) is 14.1. The van der Waals surface area contributed by atoms with Crippen LogP contribution in [0, 0.1) is 6.92 Å². The van der Waals surface area contributed by atoms with E-state index in [1.807, 2.05) is 55.5 Å². The van der Waals surface area contributed by atoms with Gasteiger partial charge in [-0.25, -0.2) is 0 Å². The van der Waals surface area contributed by atoms with Crippen LogP contribution in [0.2, 0.25) is 0 Å². The summed E-state index contributed by atoms with van der Waals surface area (Å²) in [5, 5.41) is 2.95. The average molecular weight is 269 g/mol. The maximum Gasteiger partial charge on any atom is 0.224 e. The van der Waals surface area contributed by atoms with E-state index >= 15 is 0 Å². The number of carbonyl (C=O) groups excluding carboxylic acids is 1. The summed E-state index contributed by atoms with van der Waals surface area (Å²) >= 11 is 0. The first-order valence-corrected chi connectivity index (χ1v) is 6.63. The Labute approximate surface area is 119 Å². The number of methoxy groups -OCH3 is 1. The summed E-state index contributed by atoms with van der Waals surface area (Å²) in [6, 6.07) is 15.6. The molecular weight excluding hydrogens is 250 g/mol. The fraction of sp³-hybridized carbons (Fsp3) is 0.235. The molecule has 0 fully saturated rings. The first-order chi connectivity index (χ1) is 9.69. The van der Waals surface area contributed by atoms with Crippen LogP contribution in [0.3, 0.4) is 0 Å². The van der Waals surface area contributed by atoms with Gasteiger partial charge in [-0.3, -0.25) is 4.79 Å². The SMILES string of the molecule is COc1cccc(CC(=O)NCc2ccccc2C)c1. The molecule has 1 N–H and O–H groups in total. The molecule has 2 aromatic carbocycles. The Bertz CT molecular complexity index is 593. The quantitative estimate of drug-likeness (QED) is 0.906. The molecule has 2 rings (SSSR count). The van der Waals surface area contributed by atoms with Crippen molar-refractivity contribution in [2.45, 2.75) is 19.9 Å². The summed E-state index contributed by atoms with van der Waals surface area (Å²) in [6.45, 7) is 2.61. The summed E-state index contributed by atoms with van der Waals surface area (Å²) in [5.41, 5.74) is 3.28. The molecule has 0 atom stereocenters. The Kier molecular flexibility index (Phi) is 4.77. The number of amides is 1. The molecule has 0 saturated carbocycles. The third-order valence-corrected chi connectivity index (χ3v) is 3.24. The minimum atomic E-state index is 0.0153. The maximum atomic E-state index is 11.9. The van der Waals surface area contributed by atoms with Crippen molar-refractivity contribution >= 4 is 5.91 Å². The lowest BCUT2D eigenvalue weighted by atomic mass is 10.1. The molecule has 0 bridgehead atoms. The molecule has 0 saturated heterocycles. The highest BCUT2D eigenvalue weighted by Crippen LogP contribution is 2.13. The van der Waals surface area contributed by atoms with Crippen LogP contribution in [-0.4, -0.2) is 13.0 Å². The molecule has 2 aromatic rings. The number of benzene rings is 2. The highest BCUT2D eigenvalue weighted by molar-refractivity contribution is 5.78. The van der Waals surface area contributed by atoms with Crippen molar-refractivity contribution in [2.75, 3.05) is 7.11 Å². The van der Waals surface area contributed by atoms with Gasteiger partial charge in [-0.2, -0.15) is 0 Å². The number of rotatable bonds is 5. The molecule has 0 aromatic heterocycles. The predicted octanol–water partition coefficient (Wildman–Crippen LogP) is 2.86. The van der Waals surface area contributed by atoms with Crippen molar-refractivity contribution in [3.05, 3.63) is 65.2 Å². The van der Waals surface area contributed by atoms with Gasteiger partial charge in [0.05, 0.1) is 13.5 Å². The van der Waals surface area contributed by atoms with E-state index < -0.39 is 0 Å². The molecule has 0 aliphatic carbocycles. The lowest BCUT2D eigenvalue weighted by Crippen LogP contribution is -2.24. The van der Waals surface area contributed by atoms with Gasteiger partial charge >= 0.3 is 0 Å². The standard InChI is InChI=1S/C17H19NO2/c1-13-6-3-4-8-15(13)12-18-17(19)11-14-7-5-9-16(10-14)20-2/h3-10H,11-12H2,1-2H3,(H,18,19). The number of hydrogen-bond acceptors (Lipinski definition) is 2. The summed E-state index contributed by atoms with van der Waals surface area (Å²) in [5.74, 6) is 0.788. The van der Waals surface area contributed by atoms with E-state index in [9.17, 15) is 4.79 Å². The molecule has 104 valence electrons. The summed E-state index contributed by atoms with van der Waals surface area (Å²) in [6.07, 6.45) is 0.364. The number of hydrogen-bond donors (Lipinski definition) is 1. The highest BCUT2D eigenvalue weighted by Gasteiger charge is 2.05. The lowest BCUT2D eigenvalue weighted by Gasteiger charge is -2.08. The molecule has 0 heterocycles. The van der Waals surface area contributed by atoms with Crippen LogP contribution in [0.4, 0.5) is 0 Å². The predicted molar refractivity (Wildman–Crippen MR) is 79.7 cm³/mol. The lowest BCUT2D eigenvalue weighted by molar-refractivity contribution is -0.120. The van der Waals surface area contributed by atoms with Crippen LogP contribution < -0.4 is 10.1 Å². The first-order valence-electron chi connectivity index (χ1n) is 6.63. The summed E-state index contributed by atoms with van der Waals surface area (Å²) < 4.78 is 5.15. The number of aryl methyl sites for hydroxylation is 1. The van der Waals surface area contributed by atoms with Gasteiger partial charge in [-0.05, 0) is 35.7 Å². The molecule has 20 heavy (non-hydrogen) atoms. The van der Waals surface area contributed by atoms with Gasteiger partial charge in [-0.1, -0.05) is 36.4 Å². The zero-order chi connectivity index (χ0) is 14.4. The van der Waals surface area contributed by atoms with E-state index in [4.69, 9.17) is 4.74 Å². The highest BCUT2D eigenvalue weighted by atomic mass is 16.5. The molecular formula is C17H19NO2. The smallest absolute Gasteiger partial charge is 0.224 e. The van der Waals surface area contributed by atoms with Gasteiger partial charge in [0, 0.05) is 6.54 Å². The average Bonchev–Trinajstić information content (AvgIpc) is 2.46. The van der Waals surface area contributed by atoms with Crippen molar-refractivity contribution in [2.24, 2.45) is 0 Å². The van der Waals surface area contributed by atoms with Crippen LogP contribution in [0.1, 0.15) is 16.7 Å². The monoisotopic (exact) mass is 269 g/mol. The Morgan fingerprint density at radius 1 is 1.15 bits per heavy atom. The third kappa shape index (κ3) is 3.85. The molecule has 0 aliphatic rings. The fourth-order valence-electron chi connectivity index (χ4n) is 2.03. The Hall–Kier alpha value is -2.29. The van der Waals surface area contributed by atoms with E-state index in [0.29, 0.717) is 13.0 Å². The van der Waals surface area contributed by atoms with Crippen LogP contribution in [0.25, 0.3) is 0 Å². The molecule has 3 heteroatoms. The zero-order valence-corrected chi connectivity index (χ0v) is 11.8. The number of nitrogens with one attached hydrogen (secondary N) is 1. The van der Waals surface area contributed by atoms with E-state index in [0.717, 1.165) is 16.9 Å². The molecule has 0 radical (unpaired) electrons. The van der Waals surface area contributed by atoms with Crippen molar-refractivity contribution in [3.8, 4) is 5.75 Å². The fourth-order valence-corrected chi connectivity index (χ4v) is 2.03. The molecule has 0 unspecified atom stereocenters. The number of ether oxygens (including phenoxy) is 1. The maximum absolute atomic E-state index is 11.9. The van der Waals surface area contributed by atoms with Crippen LogP contribution >= 0.6 is 0 Å². The van der Waals surface area contributed by atoms with Crippen molar-refractivity contribution < 1.29 is 9.53 Å². The van der Waals surface area contributed by atoms with Gasteiger partial charge in [0.1, 0.15) is 5.75 Å². The van der Waals surface area contributed by atoms with Gasteiger partial charge in [0.2, 0.25) is 5.91 Å². The van der Waals surface area contributed by atoms with Gasteiger partial charge in [0.25, 0.3) is 0 Å². The Morgan fingerprint density at radius 3 is 2.70 bits per heavy atom. The Balaban J connectivity index is 1.91. The normalized spacial score (nSPS) is 10.1. The largest absolute Gasteiger partial charge is 0.497 e. The zero-order valence-electron chi connectivity index (χ0n) is 11.8. The molecule has 1 amide bonds. The molecule has 3 nitrogen and oxygen atoms in total. The summed E-state index contributed by atoms with van der Waals surface area (Å²) in [7, 11) is 1.62. The molecule has 0 aliphatic heterocycles. The van der Waals surface area contributed by atoms with Crippen LogP contribution in [0.5, 0.6) is 5.75 Å². The second-order valence-corrected chi connectivity index (χ2v) is 4.73. The second kappa shape index (κ2) is 6.75. The molecule has 0 spiro atoms. The van der Waals surface area contributed by atoms with Gasteiger partial charge < -0.3 is 10.1 Å². The van der Waals surface area contributed by atoms with E-state index in [1.54, 1.807) is 7.11 Å². The minimum Gasteiger partial charge on any atom is -0.497 e. The van der Waals surface area contributed by atoms with E-state index in [1.165, 1.54) is 5.56 Å². The van der Waals surface area contributed by atoms with Crippen molar-refractivity contribution in [1.29, 1.82) is 0 Å². The summed E-state index contributed by atoms with van der Waals surface area (Å²) in [4.78, 5) is 11.9. The Morgan fingerprint density at radius 2 is 1.95 bits per heavy atom. The van der Waals surface area contributed by atoms with E-state index in [2.05, 4.69) is 5.32 Å². The van der Waals surface area contributed by atoms with Gasteiger partial charge in [0.15, 0.2) is 0 Å². The topological polar surface area (TPSA) is 38.3 Å². The van der Waals surface area contributed by atoms with Crippen molar-refractivity contribution in [3.63, 3.8) is 0 Å². The van der Waals surface area contributed by atoms with E-state index in [-0.39, 0.29) is 5.91 Å². The van der Waals surface area contributed by atoms with Crippen LogP contribution in [0.15, 0.2) is 48.5 Å². The van der Waals surface area contributed by atoms with Crippen molar-refractivity contribution in [1.82, 2.24) is 5.32 Å². The van der Waals surface area contributed by atoms with Gasteiger partial charge in [-0.15, -0.1) is 0 Å². The van der Waals surface area contributed by atoms with Crippen LogP contribution in [-0.2, 0) is 17.8 Å². The second-order valence-electron chi connectivity index (χ2n) is 4.73.